The minimum atomic E-state index is -0.201. The zero-order valence-corrected chi connectivity index (χ0v) is 15.9. The summed E-state index contributed by atoms with van der Waals surface area (Å²) in [6, 6.07) is 15.0. The number of nitrogens with one attached hydrogen (secondary N) is 1. The van der Waals surface area contributed by atoms with Crippen molar-refractivity contribution < 1.29 is 14.3 Å². The molecular formula is C22H23N3O3. The van der Waals surface area contributed by atoms with Crippen molar-refractivity contribution in [3.8, 4) is 5.75 Å². The largest absolute Gasteiger partial charge is 0.496 e. The topological polar surface area (TPSA) is 75.3 Å². The number of Topliss-reactive ketones (excluding diaryl/α,β-unsaturated/α-hetero) is 1. The lowest BCUT2D eigenvalue weighted by molar-refractivity contribution is -0.131. The maximum atomic E-state index is 13.0. The maximum Gasteiger partial charge on any atom is 0.228 e. The first-order valence-electron chi connectivity index (χ1n) is 9.54. The number of rotatable bonds is 5. The minimum Gasteiger partial charge on any atom is -0.496 e. The number of para-hydroxylation sites is 2. The van der Waals surface area contributed by atoms with Gasteiger partial charge >= 0.3 is 0 Å². The zero-order valence-electron chi connectivity index (χ0n) is 15.9. The fourth-order valence-corrected chi connectivity index (χ4v) is 3.90. The molecule has 6 heteroatoms. The van der Waals surface area contributed by atoms with Gasteiger partial charge in [-0.05, 0) is 31.0 Å². The number of piperidine rings is 1. The molecule has 28 heavy (non-hydrogen) atoms. The third-order valence-electron chi connectivity index (χ3n) is 5.39. The van der Waals surface area contributed by atoms with Gasteiger partial charge in [0.25, 0.3) is 0 Å². The van der Waals surface area contributed by atoms with Crippen LogP contribution in [-0.4, -0.2) is 47.0 Å². The highest BCUT2D eigenvalue weighted by atomic mass is 16.5. The van der Waals surface area contributed by atoms with Crippen LogP contribution in [0, 0.1) is 5.92 Å². The fraction of sp³-hybridized carbons (Fsp3) is 0.318. The summed E-state index contributed by atoms with van der Waals surface area (Å²) in [6.07, 6.45) is 1.87. The highest BCUT2D eigenvalue weighted by Gasteiger charge is 2.30. The van der Waals surface area contributed by atoms with Crippen LogP contribution in [0.15, 0.2) is 48.5 Å². The summed E-state index contributed by atoms with van der Waals surface area (Å²) in [5.74, 6) is 0.446. The minimum absolute atomic E-state index is 0.0203. The van der Waals surface area contributed by atoms with Gasteiger partial charge in [0.2, 0.25) is 5.91 Å². The molecule has 1 aromatic heterocycles. The summed E-state index contributed by atoms with van der Waals surface area (Å²) in [6.45, 7) is 1.13. The summed E-state index contributed by atoms with van der Waals surface area (Å²) in [5.41, 5.74) is 2.26. The number of methoxy groups -OCH3 is 1. The second-order valence-corrected chi connectivity index (χ2v) is 7.14. The lowest BCUT2D eigenvalue weighted by Crippen LogP contribution is -2.43. The molecule has 2 heterocycles. The smallest absolute Gasteiger partial charge is 0.228 e. The Hall–Kier alpha value is -3.15. The molecule has 1 saturated heterocycles. The van der Waals surface area contributed by atoms with E-state index in [0.717, 1.165) is 29.4 Å². The third-order valence-corrected chi connectivity index (χ3v) is 5.39. The van der Waals surface area contributed by atoms with Crippen LogP contribution in [-0.2, 0) is 11.2 Å². The number of fused-ring (bicyclic) bond motifs is 1. The normalized spacial score (nSPS) is 16.9. The molecule has 0 bridgehead atoms. The molecule has 0 radical (unpaired) electrons. The summed E-state index contributed by atoms with van der Waals surface area (Å²) in [5, 5.41) is 8.20. The van der Waals surface area contributed by atoms with E-state index in [9.17, 15) is 9.59 Å². The molecule has 0 saturated carbocycles. The molecule has 1 N–H and O–H groups in total. The van der Waals surface area contributed by atoms with Gasteiger partial charge in [-0.2, -0.15) is 5.10 Å². The number of aromatic nitrogens is 2. The Morgan fingerprint density at radius 2 is 1.96 bits per heavy atom. The van der Waals surface area contributed by atoms with Crippen LogP contribution in [0.5, 0.6) is 5.75 Å². The van der Waals surface area contributed by atoms with Crippen LogP contribution in [0.4, 0.5) is 0 Å². The maximum absolute atomic E-state index is 13.0. The fourth-order valence-electron chi connectivity index (χ4n) is 3.90. The standard InChI is InChI=1S/C22H23N3O3/c1-28-20-11-5-3-9-17(20)22(27)15-7-6-12-25(14-15)21(26)13-19-16-8-2-4-10-18(16)23-24-19/h2-5,8-11,15H,6-7,12-14H2,1H3,(H,23,24)/t15-/m0/s1. The summed E-state index contributed by atoms with van der Waals surface area (Å²) in [7, 11) is 1.57. The van der Waals surface area contributed by atoms with Gasteiger partial charge in [-0.3, -0.25) is 14.7 Å². The van der Waals surface area contributed by atoms with E-state index in [-0.39, 0.29) is 24.0 Å². The molecule has 3 aromatic rings. The Morgan fingerprint density at radius 3 is 2.82 bits per heavy atom. The van der Waals surface area contributed by atoms with Crippen LogP contribution < -0.4 is 4.74 Å². The average molecular weight is 377 g/mol. The number of carbonyl (C=O) groups excluding carboxylic acids is 2. The molecule has 1 atom stereocenters. The van der Waals surface area contributed by atoms with Crippen molar-refractivity contribution in [2.45, 2.75) is 19.3 Å². The number of nitrogens with zero attached hydrogens (tertiary/aromatic N) is 2. The molecule has 0 aliphatic carbocycles. The number of H-pyrrole nitrogens is 1. The molecular weight excluding hydrogens is 354 g/mol. The van der Waals surface area contributed by atoms with Gasteiger partial charge < -0.3 is 9.64 Å². The van der Waals surface area contributed by atoms with Crippen molar-refractivity contribution in [2.24, 2.45) is 5.92 Å². The van der Waals surface area contributed by atoms with Crippen molar-refractivity contribution in [1.29, 1.82) is 0 Å². The number of ketones is 1. The van der Waals surface area contributed by atoms with Crippen LogP contribution >= 0.6 is 0 Å². The molecule has 0 unspecified atom stereocenters. The van der Waals surface area contributed by atoms with E-state index in [0.29, 0.717) is 24.4 Å². The molecule has 1 fully saturated rings. The first-order valence-corrected chi connectivity index (χ1v) is 9.54. The van der Waals surface area contributed by atoms with Crippen LogP contribution in [0.25, 0.3) is 10.9 Å². The van der Waals surface area contributed by atoms with E-state index in [1.165, 1.54) is 0 Å². The number of ether oxygens (including phenoxy) is 1. The number of likely N-dealkylation sites (tertiary alicyclic amines) is 1. The summed E-state index contributed by atoms with van der Waals surface area (Å²) >= 11 is 0. The van der Waals surface area contributed by atoms with Crippen molar-refractivity contribution in [3.05, 3.63) is 59.8 Å². The predicted molar refractivity (Wildman–Crippen MR) is 106 cm³/mol. The second-order valence-electron chi connectivity index (χ2n) is 7.14. The Bertz CT molecular complexity index is 1010. The van der Waals surface area contributed by atoms with Crippen LogP contribution in [0.1, 0.15) is 28.9 Å². The predicted octanol–water partition coefficient (Wildman–Crippen LogP) is 3.24. The average Bonchev–Trinajstić information content (AvgIpc) is 3.16. The van der Waals surface area contributed by atoms with Gasteiger partial charge in [0.1, 0.15) is 5.75 Å². The highest BCUT2D eigenvalue weighted by Crippen LogP contribution is 2.26. The van der Waals surface area contributed by atoms with E-state index < -0.39 is 0 Å². The van der Waals surface area contributed by atoms with Crippen LogP contribution in [0.3, 0.4) is 0 Å². The van der Waals surface area contributed by atoms with E-state index in [1.807, 2.05) is 36.4 Å². The highest BCUT2D eigenvalue weighted by molar-refractivity contribution is 6.00. The number of carbonyl (C=O) groups is 2. The number of hydrogen-bond acceptors (Lipinski definition) is 4. The molecule has 1 amide bonds. The number of benzene rings is 2. The SMILES string of the molecule is COc1ccccc1C(=O)[C@H]1CCCN(C(=O)Cc2[nH]nc3ccccc23)C1. The van der Waals surface area contributed by atoms with Gasteiger partial charge in [-0.15, -0.1) is 0 Å². The summed E-state index contributed by atoms with van der Waals surface area (Å²) in [4.78, 5) is 27.7. The van der Waals surface area contributed by atoms with E-state index in [1.54, 1.807) is 24.1 Å². The zero-order chi connectivity index (χ0) is 19.5. The van der Waals surface area contributed by atoms with Gasteiger partial charge in [0.15, 0.2) is 5.78 Å². The van der Waals surface area contributed by atoms with Gasteiger partial charge in [-0.1, -0.05) is 30.3 Å². The monoisotopic (exact) mass is 377 g/mol. The lowest BCUT2D eigenvalue weighted by Gasteiger charge is -2.32. The number of aromatic amines is 1. The second kappa shape index (κ2) is 7.84. The Kier molecular flexibility index (Phi) is 5.10. The van der Waals surface area contributed by atoms with Crippen molar-refractivity contribution >= 4 is 22.6 Å². The van der Waals surface area contributed by atoms with Gasteiger partial charge in [0, 0.05) is 24.4 Å². The Balaban J connectivity index is 1.47. The third kappa shape index (κ3) is 3.50. The van der Waals surface area contributed by atoms with Gasteiger partial charge in [-0.25, -0.2) is 0 Å². The Morgan fingerprint density at radius 1 is 1.18 bits per heavy atom. The number of amides is 1. The lowest BCUT2D eigenvalue weighted by atomic mass is 9.89. The van der Waals surface area contributed by atoms with Crippen molar-refractivity contribution in [3.63, 3.8) is 0 Å². The quantitative estimate of drug-likeness (QED) is 0.693. The van der Waals surface area contributed by atoms with E-state index in [2.05, 4.69) is 10.2 Å². The molecule has 1 aliphatic heterocycles. The number of hydrogen-bond donors (Lipinski definition) is 1. The molecule has 1 aliphatic rings. The van der Waals surface area contributed by atoms with Gasteiger partial charge in [0.05, 0.1) is 30.3 Å². The first-order chi connectivity index (χ1) is 13.7. The molecule has 0 spiro atoms. The summed E-state index contributed by atoms with van der Waals surface area (Å²) < 4.78 is 5.33. The first kappa shape index (κ1) is 18.2. The molecule has 144 valence electrons. The van der Waals surface area contributed by atoms with Crippen molar-refractivity contribution in [1.82, 2.24) is 15.1 Å². The van der Waals surface area contributed by atoms with E-state index >= 15 is 0 Å². The molecule has 6 nitrogen and oxygen atoms in total. The van der Waals surface area contributed by atoms with Crippen molar-refractivity contribution in [2.75, 3.05) is 20.2 Å². The molecule has 4 rings (SSSR count). The van der Waals surface area contributed by atoms with E-state index in [4.69, 9.17) is 4.74 Å². The molecule has 2 aromatic carbocycles. The Labute approximate surface area is 163 Å². The van der Waals surface area contributed by atoms with Crippen LogP contribution in [0.2, 0.25) is 0 Å².